The molecule has 5 nitrogen and oxygen atoms in total. The molecule has 0 saturated heterocycles. The Morgan fingerprint density at radius 3 is 1.30 bits per heavy atom. The summed E-state index contributed by atoms with van der Waals surface area (Å²) in [6.07, 6.45) is 51.8. The SMILES string of the molecule is CCC=CCC=CCC=CCC=CCCCCCCC(=O)OCC(CO)OC(=O)CCCCCCCCCCCCCCCCCCCCC. The van der Waals surface area contributed by atoms with Gasteiger partial charge in [0.05, 0.1) is 6.61 Å². The molecule has 0 bridgehead atoms. The molecule has 290 valence electrons. The van der Waals surface area contributed by atoms with Crippen molar-refractivity contribution in [2.24, 2.45) is 0 Å². The van der Waals surface area contributed by atoms with Crippen LogP contribution >= 0.6 is 0 Å². The van der Waals surface area contributed by atoms with E-state index in [2.05, 4.69) is 62.5 Å². The highest BCUT2D eigenvalue weighted by atomic mass is 16.6. The first-order chi connectivity index (χ1) is 24.6. The van der Waals surface area contributed by atoms with Gasteiger partial charge in [0, 0.05) is 12.8 Å². The predicted molar refractivity (Wildman–Crippen MR) is 214 cm³/mol. The third-order valence-electron chi connectivity index (χ3n) is 9.14. The Kier molecular flexibility index (Phi) is 39.5. The number of rotatable bonds is 38. The van der Waals surface area contributed by atoms with Gasteiger partial charge in [-0.15, -0.1) is 0 Å². The van der Waals surface area contributed by atoms with Gasteiger partial charge in [0.25, 0.3) is 0 Å². The lowest BCUT2D eigenvalue weighted by Gasteiger charge is -2.15. The Morgan fingerprint density at radius 2 is 0.860 bits per heavy atom. The van der Waals surface area contributed by atoms with Crippen LogP contribution in [0.3, 0.4) is 0 Å². The number of carbonyl (C=O) groups excluding carboxylic acids is 2. The summed E-state index contributed by atoms with van der Waals surface area (Å²) in [5, 5.41) is 9.57. The average Bonchev–Trinajstić information content (AvgIpc) is 3.12. The van der Waals surface area contributed by atoms with Crippen LogP contribution in [0.5, 0.6) is 0 Å². The van der Waals surface area contributed by atoms with Crippen LogP contribution in [-0.2, 0) is 19.1 Å². The number of allylic oxidation sites excluding steroid dienone is 8. The molecule has 0 aliphatic carbocycles. The third-order valence-corrected chi connectivity index (χ3v) is 9.14. The summed E-state index contributed by atoms with van der Waals surface area (Å²) in [7, 11) is 0. The van der Waals surface area contributed by atoms with Crippen molar-refractivity contribution >= 4 is 11.9 Å². The number of esters is 2. The largest absolute Gasteiger partial charge is 0.462 e. The Morgan fingerprint density at radius 1 is 0.480 bits per heavy atom. The third kappa shape index (κ3) is 38.7. The Balaban J connectivity index is 3.56. The van der Waals surface area contributed by atoms with Crippen LogP contribution in [-0.4, -0.2) is 36.4 Å². The molecule has 0 aromatic carbocycles. The van der Waals surface area contributed by atoms with Crippen molar-refractivity contribution < 1.29 is 24.2 Å². The summed E-state index contributed by atoms with van der Waals surface area (Å²) in [6.45, 7) is 4.02. The molecule has 0 saturated carbocycles. The molecule has 0 aliphatic heterocycles. The fraction of sp³-hybridized carbons (Fsp3) is 0.778. The van der Waals surface area contributed by atoms with Crippen LogP contribution in [0.25, 0.3) is 0 Å². The van der Waals surface area contributed by atoms with Crippen molar-refractivity contribution in [3.63, 3.8) is 0 Å². The molecule has 0 spiro atoms. The Labute approximate surface area is 309 Å². The number of ether oxygens (including phenoxy) is 2. The van der Waals surface area contributed by atoms with Gasteiger partial charge in [0.15, 0.2) is 6.10 Å². The molecule has 1 N–H and O–H groups in total. The van der Waals surface area contributed by atoms with Crippen molar-refractivity contribution in [2.75, 3.05) is 13.2 Å². The van der Waals surface area contributed by atoms with Crippen molar-refractivity contribution in [1.29, 1.82) is 0 Å². The summed E-state index contributed by atoms with van der Waals surface area (Å²) in [5.74, 6) is -0.613. The standard InChI is InChI=1S/C45H80O5/c1-3-5-7-9-11-13-15-17-19-21-22-24-26-28-30-32-34-36-38-40-45(48)50-43(41-46)42-49-44(47)39-37-35-33-31-29-27-25-23-20-18-16-14-12-10-8-6-4-2/h6,8,12,14,18,20,25,27,43,46H,3-5,7,9-11,13,15-17,19,21-24,26,28-42H2,1-2H3. The summed E-state index contributed by atoms with van der Waals surface area (Å²) in [6, 6.07) is 0. The number of aliphatic hydroxyl groups is 1. The van der Waals surface area contributed by atoms with Crippen LogP contribution in [0, 0.1) is 0 Å². The number of hydrogen-bond donors (Lipinski definition) is 1. The Bertz CT molecular complexity index is 842. The van der Waals surface area contributed by atoms with E-state index in [-0.39, 0.29) is 25.2 Å². The fourth-order valence-corrected chi connectivity index (χ4v) is 5.96. The van der Waals surface area contributed by atoms with Crippen molar-refractivity contribution in [2.45, 2.75) is 213 Å². The summed E-state index contributed by atoms with van der Waals surface area (Å²) < 4.78 is 10.6. The van der Waals surface area contributed by atoms with Gasteiger partial charge in [-0.2, -0.15) is 0 Å². The highest BCUT2D eigenvalue weighted by molar-refractivity contribution is 5.70. The molecule has 0 amide bonds. The second kappa shape index (κ2) is 41.3. The fourth-order valence-electron chi connectivity index (χ4n) is 5.96. The zero-order valence-electron chi connectivity index (χ0n) is 32.9. The van der Waals surface area contributed by atoms with Gasteiger partial charge >= 0.3 is 11.9 Å². The summed E-state index contributed by atoms with van der Waals surface area (Å²) in [5.41, 5.74) is 0. The second-order valence-electron chi connectivity index (χ2n) is 14.0. The lowest BCUT2D eigenvalue weighted by atomic mass is 10.0. The first-order valence-corrected chi connectivity index (χ1v) is 21.2. The molecule has 1 atom stereocenters. The van der Waals surface area contributed by atoms with Crippen LogP contribution < -0.4 is 0 Å². The minimum absolute atomic E-state index is 0.0773. The van der Waals surface area contributed by atoms with E-state index >= 15 is 0 Å². The predicted octanol–water partition coefficient (Wildman–Crippen LogP) is 13.4. The van der Waals surface area contributed by atoms with E-state index in [0.29, 0.717) is 12.8 Å². The molecule has 1 unspecified atom stereocenters. The number of carbonyl (C=O) groups is 2. The monoisotopic (exact) mass is 701 g/mol. The van der Waals surface area contributed by atoms with Crippen molar-refractivity contribution in [3.05, 3.63) is 48.6 Å². The highest BCUT2D eigenvalue weighted by Gasteiger charge is 2.16. The maximum atomic E-state index is 12.2. The number of unbranched alkanes of at least 4 members (excludes halogenated alkanes) is 22. The van der Waals surface area contributed by atoms with Crippen LogP contribution in [0.1, 0.15) is 206 Å². The van der Waals surface area contributed by atoms with Gasteiger partial charge in [0.1, 0.15) is 6.61 Å². The van der Waals surface area contributed by atoms with E-state index in [1.807, 2.05) is 0 Å². The molecule has 0 rings (SSSR count). The normalized spacial score (nSPS) is 12.6. The van der Waals surface area contributed by atoms with Crippen molar-refractivity contribution in [1.82, 2.24) is 0 Å². The van der Waals surface area contributed by atoms with E-state index in [4.69, 9.17) is 9.47 Å². The molecule has 0 aliphatic rings. The number of hydrogen-bond acceptors (Lipinski definition) is 5. The minimum Gasteiger partial charge on any atom is -0.462 e. The van der Waals surface area contributed by atoms with Gasteiger partial charge in [-0.05, 0) is 51.4 Å². The topological polar surface area (TPSA) is 72.8 Å². The van der Waals surface area contributed by atoms with Gasteiger partial charge in [-0.3, -0.25) is 9.59 Å². The first kappa shape index (κ1) is 47.9. The van der Waals surface area contributed by atoms with E-state index in [9.17, 15) is 14.7 Å². The van der Waals surface area contributed by atoms with E-state index < -0.39 is 6.10 Å². The smallest absolute Gasteiger partial charge is 0.306 e. The van der Waals surface area contributed by atoms with E-state index in [1.165, 1.54) is 103 Å². The average molecular weight is 701 g/mol. The second-order valence-corrected chi connectivity index (χ2v) is 14.0. The highest BCUT2D eigenvalue weighted by Crippen LogP contribution is 2.15. The quantitative estimate of drug-likeness (QED) is 0.0394. The summed E-state index contributed by atoms with van der Waals surface area (Å²) in [4.78, 5) is 24.3. The molecule has 50 heavy (non-hydrogen) atoms. The van der Waals surface area contributed by atoms with Gasteiger partial charge < -0.3 is 14.6 Å². The molecule has 0 heterocycles. The maximum Gasteiger partial charge on any atom is 0.306 e. The molecule has 5 heteroatoms. The van der Waals surface area contributed by atoms with Crippen LogP contribution in [0.4, 0.5) is 0 Å². The zero-order valence-corrected chi connectivity index (χ0v) is 32.9. The van der Waals surface area contributed by atoms with Crippen LogP contribution in [0.2, 0.25) is 0 Å². The first-order valence-electron chi connectivity index (χ1n) is 21.2. The lowest BCUT2D eigenvalue weighted by Crippen LogP contribution is -2.28. The lowest BCUT2D eigenvalue weighted by molar-refractivity contribution is -0.161. The molecule has 0 aromatic rings. The summed E-state index contributed by atoms with van der Waals surface area (Å²) >= 11 is 0. The van der Waals surface area contributed by atoms with Crippen LogP contribution in [0.15, 0.2) is 48.6 Å². The molecular weight excluding hydrogens is 620 g/mol. The van der Waals surface area contributed by atoms with Gasteiger partial charge in [-0.1, -0.05) is 191 Å². The molecular formula is C45H80O5. The molecule has 0 fully saturated rings. The minimum atomic E-state index is -0.780. The maximum absolute atomic E-state index is 12.2. The van der Waals surface area contributed by atoms with Gasteiger partial charge in [0.2, 0.25) is 0 Å². The zero-order chi connectivity index (χ0) is 36.4. The van der Waals surface area contributed by atoms with Gasteiger partial charge in [-0.25, -0.2) is 0 Å². The van der Waals surface area contributed by atoms with E-state index in [0.717, 1.165) is 77.0 Å². The van der Waals surface area contributed by atoms with E-state index in [1.54, 1.807) is 0 Å². The molecule has 0 radical (unpaired) electrons. The molecule has 0 aromatic heterocycles. The Hall–Kier alpha value is -2.14. The number of aliphatic hydroxyl groups excluding tert-OH is 1. The van der Waals surface area contributed by atoms with Crippen molar-refractivity contribution in [3.8, 4) is 0 Å².